The van der Waals surface area contributed by atoms with E-state index in [1.54, 1.807) is 0 Å². The molecular weight excluding hydrogens is 266 g/mol. The molecule has 6 nitrogen and oxygen atoms in total. The van der Waals surface area contributed by atoms with Crippen LogP contribution in [0.1, 0.15) is 38.1 Å². The second-order valence-electron chi connectivity index (χ2n) is 5.76. The number of hydrogen-bond donors (Lipinski definition) is 1. The van der Waals surface area contributed by atoms with E-state index in [0.717, 1.165) is 29.9 Å². The number of aryl methyl sites for hydroxylation is 2. The Morgan fingerprint density at radius 2 is 1.90 bits per heavy atom. The smallest absolute Gasteiger partial charge is 0.258 e. The zero-order valence-electron chi connectivity index (χ0n) is 13.1. The zero-order valence-corrected chi connectivity index (χ0v) is 13.1. The van der Waals surface area contributed by atoms with Gasteiger partial charge in [-0.15, -0.1) is 0 Å². The summed E-state index contributed by atoms with van der Waals surface area (Å²) in [6.45, 7) is 8.45. The van der Waals surface area contributed by atoms with Gasteiger partial charge in [0.05, 0.1) is 11.6 Å². The number of carbonyl (C=O) groups is 1. The van der Waals surface area contributed by atoms with E-state index in [1.807, 2.05) is 33.8 Å². The Labute approximate surface area is 125 Å². The highest BCUT2D eigenvalue weighted by Gasteiger charge is 2.38. The number of hydrogen-bond acceptors (Lipinski definition) is 5. The molecule has 1 amide bonds. The van der Waals surface area contributed by atoms with Crippen LogP contribution in [0.3, 0.4) is 0 Å². The molecule has 2 heterocycles. The molecule has 0 saturated carbocycles. The van der Waals surface area contributed by atoms with Gasteiger partial charge in [-0.3, -0.25) is 4.79 Å². The third-order valence-electron chi connectivity index (χ3n) is 3.53. The summed E-state index contributed by atoms with van der Waals surface area (Å²) in [6, 6.07) is 1.88. The number of nitrogens with zero attached hydrogens (tertiary/aromatic N) is 4. The average molecular weight is 289 g/mol. The van der Waals surface area contributed by atoms with E-state index < -0.39 is 0 Å². The van der Waals surface area contributed by atoms with Crippen LogP contribution >= 0.6 is 0 Å². The molecular formula is C15H23N5O. The molecule has 114 valence electrons. The van der Waals surface area contributed by atoms with Crippen molar-refractivity contribution in [2.45, 2.75) is 40.5 Å². The molecule has 1 aromatic rings. The SMILES string of the molecule is Cc1cc(C)nc(N2N=C(C(C)C)C(CCCN)C2=O)n1. The van der Waals surface area contributed by atoms with Gasteiger partial charge in [-0.2, -0.15) is 10.1 Å². The molecule has 0 bridgehead atoms. The minimum Gasteiger partial charge on any atom is -0.330 e. The van der Waals surface area contributed by atoms with Crippen molar-refractivity contribution in [2.75, 3.05) is 11.6 Å². The summed E-state index contributed by atoms with van der Waals surface area (Å²) >= 11 is 0. The van der Waals surface area contributed by atoms with Crippen molar-refractivity contribution in [3.8, 4) is 0 Å². The van der Waals surface area contributed by atoms with Crippen LogP contribution in [0.25, 0.3) is 0 Å². The van der Waals surface area contributed by atoms with Gasteiger partial charge in [-0.05, 0) is 45.2 Å². The van der Waals surface area contributed by atoms with Crippen molar-refractivity contribution in [1.82, 2.24) is 9.97 Å². The summed E-state index contributed by atoms with van der Waals surface area (Å²) in [6.07, 6.45) is 1.54. The molecule has 0 radical (unpaired) electrons. The number of rotatable bonds is 5. The topological polar surface area (TPSA) is 84.5 Å². The monoisotopic (exact) mass is 289 g/mol. The van der Waals surface area contributed by atoms with Gasteiger partial charge in [-0.1, -0.05) is 13.8 Å². The fraction of sp³-hybridized carbons (Fsp3) is 0.600. The Balaban J connectivity index is 2.34. The quantitative estimate of drug-likeness (QED) is 0.895. The molecule has 1 atom stereocenters. The predicted octanol–water partition coefficient (Wildman–Crippen LogP) is 1.81. The molecule has 2 N–H and O–H groups in total. The maximum absolute atomic E-state index is 12.6. The molecule has 2 rings (SSSR count). The minimum absolute atomic E-state index is 0.0443. The second kappa shape index (κ2) is 6.30. The van der Waals surface area contributed by atoms with Gasteiger partial charge in [0.1, 0.15) is 0 Å². The number of nitrogens with two attached hydrogens (primary N) is 1. The van der Waals surface area contributed by atoms with Crippen LogP contribution in [0.5, 0.6) is 0 Å². The first-order valence-corrected chi connectivity index (χ1v) is 7.38. The highest BCUT2D eigenvalue weighted by Crippen LogP contribution is 2.27. The van der Waals surface area contributed by atoms with Gasteiger partial charge in [0.2, 0.25) is 0 Å². The Hall–Kier alpha value is -1.82. The molecule has 1 aliphatic heterocycles. The van der Waals surface area contributed by atoms with E-state index in [0.29, 0.717) is 12.5 Å². The second-order valence-corrected chi connectivity index (χ2v) is 5.76. The van der Waals surface area contributed by atoms with Gasteiger partial charge in [0.25, 0.3) is 11.9 Å². The minimum atomic E-state index is -0.196. The first-order chi connectivity index (χ1) is 9.93. The fourth-order valence-electron chi connectivity index (χ4n) is 2.57. The van der Waals surface area contributed by atoms with Crippen molar-refractivity contribution < 1.29 is 4.79 Å². The lowest BCUT2D eigenvalue weighted by molar-refractivity contribution is -0.120. The molecule has 1 unspecified atom stereocenters. The summed E-state index contributed by atoms with van der Waals surface area (Å²) in [5, 5.41) is 5.85. The predicted molar refractivity (Wildman–Crippen MR) is 83.0 cm³/mol. The lowest BCUT2D eigenvalue weighted by Crippen LogP contribution is -2.30. The van der Waals surface area contributed by atoms with Crippen LogP contribution in [0.15, 0.2) is 11.2 Å². The zero-order chi connectivity index (χ0) is 15.6. The largest absolute Gasteiger partial charge is 0.330 e. The first kappa shape index (κ1) is 15.6. The van der Waals surface area contributed by atoms with E-state index in [-0.39, 0.29) is 17.7 Å². The maximum Gasteiger partial charge on any atom is 0.258 e. The number of aromatic nitrogens is 2. The van der Waals surface area contributed by atoms with Crippen LogP contribution in [0, 0.1) is 25.7 Å². The number of hydrazone groups is 1. The summed E-state index contributed by atoms with van der Waals surface area (Å²) in [4.78, 5) is 21.3. The molecule has 0 saturated heterocycles. The van der Waals surface area contributed by atoms with Crippen LogP contribution < -0.4 is 10.7 Å². The highest BCUT2D eigenvalue weighted by molar-refractivity contribution is 6.15. The van der Waals surface area contributed by atoms with Gasteiger partial charge < -0.3 is 5.73 Å². The lowest BCUT2D eigenvalue weighted by Gasteiger charge is -2.14. The van der Waals surface area contributed by atoms with E-state index >= 15 is 0 Å². The number of carbonyl (C=O) groups excluding carboxylic acids is 1. The third-order valence-corrected chi connectivity index (χ3v) is 3.53. The number of amides is 1. The summed E-state index contributed by atoms with van der Waals surface area (Å²) in [7, 11) is 0. The Morgan fingerprint density at radius 3 is 2.43 bits per heavy atom. The third kappa shape index (κ3) is 3.26. The molecule has 21 heavy (non-hydrogen) atoms. The molecule has 0 fully saturated rings. The van der Waals surface area contributed by atoms with Gasteiger partial charge in [0.15, 0.2) is 0 Å². The van der Waals surface area contributed by atoms with Crippen molar-refractivity contribution >= 4 is 17.6 Å². The van der Waals surface area contributed by atoms with Crippen LogP contribution in [0.4, 0.5) is 5.95 Å². The Morgan fingerprint density at radius 1 is 1.29 bits per heavy atom. The summed E-state index contributed by atoms with van der Waals surface area (Å²) in [5.74, 6) is 0.341. The van der Waals surface area contributed by atoms with E-state index in [4.69, 9.17) is 5.73 Å². The van der Waals surface area contributed by atoms with Gasteiger partial charge >= 0.3 is 0 Å². The van der Waals surface area contributed by atoms with Gasteiger partial charge in [0, 0.05) is 11.4 Å². The molecule has 1 aliphatic rings. The van der Waals surface area contributed by atoms with Crippen LogP contribution in [0.2, 0.25) is 0 Å². The Bertz CT molecular complexity index is 547. The first-order valence-electron chi connectivity index (χ1n) is 7.38. The van der Waals surface area contributed by atoms with E-state index in [2.05, 4.69) is 15.1 Å². The molecule has 0 spiro atoms. The number of anilines is 1. The summed E-state index contributed by atoms with van der Waals surface area (Å²) < 4.78 is 0. The van der Waals surface area contributed by atoms with E-state index in [9.17, 15) is 4.79 Å². The molecule has 1 aromatic heterocycles. The van der Waals surface area contributed by atoms with Crippen molar-refractivity contribution in [3.05, 3.63) is 17.5 Å². The van der Waals surface area contributed by atoms with Crippen LogP contribution in [-0.2, 0) is 4.79 Å². The molecule has 6 heteroatoms. The van der Waals surface area contributed by atoms with Crippen molar-refractivity contribution in [2.24, 2.45) is 22.7 Å². The van der Waals surface area contributed by atoms with Crippen molar-refractivity contribution in [3.63, 3.8) is 0 Å². The molecule has 0 aliphatic carbocycles. The summed E-state index contributed by atoms with van der Waals surface area (Å²) in [5.41, 5.74) is 8.13. The average Bonchev–Trinajstić information content (AvgIpc) is 2.72. The van der Waals surface area contributed by atoms with Crippen LogP contribution in [-0.4, -0.2) is 28.1 Å². The highest BCUT2D eigenvalue weighted by atomic mass is 16.2. The van der Waals surface area contributed by atoms with E-state index in [1.165, 1.54) is 5.01 Å². The fourth-order valence-corrected chi connectivity index (χ4v) is 2.57. The molecule has 0 aromatic carbocycles. The Kier molecular flexibility index (Phi) is 4.67. The maximum atomic E-state index is 12.6. The van der Waals surface area contributed by atoms with Crippen molar-refractivity contribution in [1.29, 1.82) is 0 Å². The standard InChI is InChI=1S/C15H23N5O/c1-9(2)13-12(6-5-7-16)14(21)20(19-13)15-17-10(3)8-11(4)18-15/h8-9,12H,5-7,16H2,1-4H3. The van der Waals surface area contributed by atoms with Gasteiger partial charge in [-0.25, -0.2) is 9.97 Å². The normalized spacial score (nSPS) is 18.6. The lowest BCUT2D eigenvalue weighted by atomic mass is 9.91.